The minimum absolute atomic E-state index is 0.0327. The molecule has 1 aliphatic carbocycles. The minimum Gasteiger partial charge on any atom is -0.395 e. The highest BCUT2D eigenvalue weighted by Crippen LogP contribution is 2.51. The molecule has 1 aliphatic rings. The van der Waals surface area contributed by atoms with Gasteiger partial charge in [0.15, 0.2) is 11.2 Å². The van der Waals surface area contributed by atoms with Crippen molar-refractivity contribution < 1.29 is 14.6 Å². The van der Waals surface area contributed by atoms with Gasteiger partial charge in [-0.3, -0.25) is 4.57 Å². The second-order valence-corrected chi connectivity index (χ2v) is 4.62. The fraction of sp³-hybridized carbons (Fsp3) is 0.364. The zero-order valence-corrected chi connectivity index (χ0v) is 9.91. The molecule has 0 bridgehead atoms. The van der Waals surface area contributed by atoms with Crippen molar-refractivity contribution in [2.75, 3.05) is 18.9 Å². The summed E-state index contributed by atoms with van der Waals surface area (Å²) in [4.78, 5) is 11.2. The van der Waals surface area contributed by atoms with E-state index in [-0.39, 0.29) is 30.3 Å². The first-order valence-corrected chi connectivity index (χ1v) is 5.68. The molecule has 0 atom stereocenters. The fourth-order valence-electron chi connectivity index (χ4n) is 2.03. The molecule has 100 valence electrons. The monoisotopic (exact) mass is 265 g/mol. The van der Waals surface area contributed by atoms with E-state index >= 15 is 0 Å². The van der Waals surface area contributed by atoms with Crippen LogP contribution < -0.4 is 5.73 Å². The summed E-state index contributed by atoms with van der Waals surface area (Å²) >= 11 is 0. The van der Waals surface area contributed by atoms with E-state index in [1.807, 2.05) is 0 Å². The lowest BCUT2D eigenvalue weighted by atomic mass is 10.1. The van der Waals surface area contributed by atoms with Crippen LogP contribution in [0.15, 0.2) is 11.9 Å². The molecule has 1 fully saturated rings. The molecular formula is C11H12FN5O2. The highest BCUT2D eigenvalue weighted by molar-refractivity contribution is 5.74. The standard InChI is InChI=1S/C11H12FN5O2/c12-8-7-9(16-10(13)15-8)17(5-14-7)2-6-1-11(6,3-18)4-19/h2,5,18-19H,1,3-4H2,(H2,13,15,16)/b6-2+. The molecule has 0 aliphatic heterocycles. The highest BCUT2D eigenvalue weighted by atomic mass is 19.1. The van der Waals surface area contributed by atoms with Crippen LogP contribution in [0.1, 0.15) is 6.42 Å². The van der Waals surface area contributed by atoms with Crippen molar-refractivity contribution in [3.63, 3.8) is 0 Å². The molecule has 2 heterocycles. The van der Waals surface area contributed by atoms with Gasteiger partial charge in [-0.05, 0) is 12.0 Å². The third-order valence-electron chi connectivity index (χ3n) is 3.38. The summed E-state index contributed by atoms with van der Waals surface area (Å²) in [6.07, 6.45) is 3.66. The van der Waals surface area contributed by atoms with E-state index in [4.69, 9.17) is 5.73 Å². The van der Waals surface area contributed by atoms with Crippen LogP contribution in [-0.2, 0) is 0 Å². The van der Waals surface area contributed by atoms with Gasteiger partial charge in [-0.25, -0.2) is 4.98 Å². The Hall–Kier alpha value is -2.06. The Morgan fingerprint density at radius 2 is 2.16 bits per heavy atom. The lowest BCUT2D eigenvalue weighted by Crippen LogP contribution is -2.12. The molecule has 0 spiro atoms. The predicted molar refractivity (Wildman–Crippen MR) is 65.2 cm³/mol. The van der Waals surface area contributed by atoms with E-state index in [0.29, 0.717) is 6.42 Å². The van der Waals surface area contributed by atoms with Gasteiger partial charge < -0.3 is 15.9 Å². The lowest BCUT2D eigenvalue weighted by Gasteiger charge is -2.05. The van der Waals surface area contributed by atoms with Gasteiger partial charge >= 0.3 is 0 Å². The molecule has 0 aromatic carbocycles. The Bertz CT molecular complexity index is 677. The molecule has 0 saturated heterocycles. The Morgan fingerprint density at radius 1 is 1.42 bits per heavy atom. The van der Waals surface area contributed by atoms with E-state index < -0.39 is 11.4 Å². The van der Waals surface area contributed by atoms with Crippen LogP contribution in [0, 0.1) is 11.4 Å². The van der Waals surface area contributed by atoms with Crippen LogP contribution in [0.4, 0.5) is 10.3 Å². The van der Waals surface area contributed by atoms with E-state index in [0.717, 1.165) is 5.57 Å². The first kappa shape index (κ1) is 12.0. The molecule has 4 N–H and O–H groups in total. The van der Waals surface area contributed by atoms with Crippen molar-refractivity contribution >= 4 is 23.3 Å². The van der Waals surface area contributed by atoms with Gasteiger partial charge in [0.1, 0.15) is 6.33 Å². The van der Waals surface area contributed by atoms with Crippen molar-refractivity contribution in [2.45, 2.75) is 6.42 Å². The Labute approximate surface area is 107 Å². The first-order chi connectivity index (χ1) is 9.09. The third-order valence-corrected chi connectivity index (χ3v) is 3.38. The van der Waals surface area contributed by atoms with Crippen LogP contribution in [-0.4, -0.2) is 42.9 Å². The van der Waals surface area contributed by atoms with Crippen LogP contribution >= 0.6 is 0 Å². The van der Waals surface area contributed by atoms with Crippen molar-refractivity contribution in [1.29, 1.82) is 0 Å². The van der Waals surface area contributed by atoms with Gasteiger partial charge in [0, 0.05) is 11.6 Å². The van der Waals surface area contributed by atoms with E-state index in [9.17, 15) is 14.6 Å². The zero-order chi connectivity index (χ0) is 13.6. The largest absolute Gasteiger partial charge is 0.395 e. The number of hydrogen-bond acceptors (Lipinski definition) is 6. The molecule has 0 unspecified atom stereocenters. The van der Waals surface area contributed by atoms with Crippen molar-refractivity contribution in [3.8, 4) is 0 Å². The van der Waals surface area contributed by atoms with Crippen molar-refractivity contribution in [3.05, 3.63) is 17.8 Å². The summed E-state index contributed by atoms with van der Waals surface area (Å²) in [7, 11) is 0. The number of hydrogen-bond donors (Lipinski definition) is 3. The molecule has 19 heavy (non-hydrogen) atoms. The molecular weight excluding hydrogens is 253 g/mol. The number of aromatic nitrogens is 4. The van der Waals surface area contributed by atoms with Crippen molar-refractivity contribution in [1.82, 2.24) is 19.5 Å². The topological polar surface area (TPSA) is 110 Å². The van der Waals surface area contributed by atoms with Crippen LogP contribution in [0.2, 0.25) is 0 Å². The normalized spacial score (nSPS) is 19.2. The van der Waals surface area contributed by atoms with Gasteiger partial charge in [-0.15, -0.1) is 0 Å². The molecule has 0 amide bonds. The van der Waals surface area contributed by atoms with Crippen LogP contribution in [0.25, 0.3) is 17.4 Å². The number of nitrogen functional groups attached to an aromatic ring is 1. The number of aliphatic hydroxyl groups excluding tert-OH is 2. The number of nitrogens with zero attached hydrogens (tertiary/aromatic N) is 4. The first-order valence-electron chi connectivity index (χ1n) is 5.68. The Morgan fingerprint density at radius 3 is 2.79 bits per heavy atom. The quantitative estimate of drug-likeness (QED) is 0.661. The van der Waals surface area contributed by atoms with E-state index in [1.165, 1.54) is 10.9 Å². The smallest absolute Gasteiger partial charge is 0.245 e. The summed E-state index contributed by atoms with van der Waals surface area (Å²) in [5, 5.41) is 18.5. The number of halogens is 1. The highest BCUT2D eigenvalue weighted by Gasteiger charge is 2.48. The van der Waals surface area contributed by atoms with Crippen LogP contribution in [0.3, 0.4) is 0 Å². The van der Waals surface area contributed by atoms with Gasteiger partial charge in [-0.2, -0.15) is 14.4 Å². The van der Waals surface area contributed by atoms with E-state index in [1.54, 1.807) is 6.20 Å². The molecule has 0 radical (unpaired) electrons. The third kappa shape index (κ3) is 1.76. The minimum atomic E-state index is -0.772. The predicted octanol–water partition coefficient (Wildman–Crippen LogP) is -0.237. The molecule has 7 nitrogen and oxygen atoms in total. The summed E-state index contributed by atoms with van der Waals surface area (Å²) in [5.41, 5.74) is 5.97. The summed E-state index contributed by atoms with van der Waals surface area (Å²) in [6, 6.07) is 0. The average Bonchev–Trinajstić information content (AvgIpc) is 2.94. The van der Waals surface area contributed by atoms with Crippen LogP contribution in [0.5, 0.6) is 0 Å². The molecule has 2 aromatic heterocycles. The summed E-state index contributed by atoms with van der Waals surface area (Å²) in [6.45, 7) is -0.263. The number of imidazole rings is 1. The number of rotatable bonds is 3. The second kappa shape index (κ2) is 3.97. The molecule has 8 heteroatoms. The maximum Gasteiger partial charge on any atom is 0.245 e. The number of nitrogens with two attached hydrogens (primary N) is 1. The summed E-state index contributed by atoms with van der Waals surface area (Å²) in [5.74, 6) is -0.942. The summed E-state index contributed by atoms with van der Waals surface area (Å²) < 4.78 is 15.0. The number of fused-ring (bicyclic) bond motifs is 1. The average molecular weight is 265 g/mol. The zero-order valence-electron chi connectivity index (χ0n) is 9.91. The Balaban J connectivity index is 2.06. The van der Waals surface area contributed by atoms with Gasteiger partial charge in [-0.1, -0.05) is 0 Å². The van der Waals surface area contributed by atoms with E-state index in [2.05, 4.69) is 15.0 Å². The molecule has 1 saturated carbocycles. The van der Waals surface area contributed by atoms with Gasteiger partial charge in [0.2, 0.25) is 11.9 Å². The maximum absolute atomic E-state index is 13.5. The van der Waals surface area contributed by atoms with Gasteiger partial charge in [0.05, 0.1) is 13.2 Å². The fourth-order valence-corrected chi connectivity index (χ4v) is 2.03. The molecule has 3 rings (SSSR count). The second-order valence-electron chi connectivity index (χ2n) is 4.62. The molecule has 2 aromatic rings. The maximum atomic E-state index is 13.5. The number of aliphatic hydroxyl groups is 2. The SMILES string of the molecule is Nc1nc(F)c2ncn(/C=C3\CC3(CO)CO)c2n1. The lowest BCUT2D eigenvalue weighted by molar-refractivity contribution is 0.143. The Kier molecular flexibility index (Phi) is 2.51. The van der Waals surface area contributed by atoms with Gasteiger partial charge in [0.25, 0.3) is 0 Å². The number of anilines is 1. The van der Waals surface area contributed by atoms with Crippen molar-refractivity contribution in [2.24, 2.45) is 5.41 Å².